The van der Waals surface area contributed by atoms with E-state index in [1.165, 1.54) is 18.2 Å². The van der Waals surface area contributed by atoms with Crippen LogP contribution in [0.25, 0.3) is 0 Å². The number of carbonyl (C=O) groups is 1. The van der Waals surface area contributed by atoms with E-state index in [-0.39, 0.29) is 16.8 Å². The summed E-state index contributed by atoms with van der Waals surface area (Å²) in [6, 6.07) is 4.10. The molecule has 7 nitrogen and oxygen atoms in total. The SMILES string of the molecule is Cc1cnn(C)c1C1(O)CC2CC(c3ncn(C)c3C(=O)Nc3ccc(F)c(Cl)c3)CC2C1. The summed E-state index contributed by atoms with van der Waals surface area (Å²) in [6.07, 6.45) is 6.60. The molecular formula is C24H27ClFN5O2. The smallest absolute Gasteiger partial charge is 0.274 e. The Morgan fingerprint density at radius 1 is 1.27 bits per heavy atom. The van der Waals surface area contributed by atoms with Crippen LogP contribution in [0.15, 0.2) is 30.7 Å². The maximum Gasteiger partial charge on any atom is 0.274 e. The van der Waals surface area contributed by atoms with Crippen molar-refractivity contribution in [3.05, 3.63) is 64.2 Å². The topological polar surface area (TPSA) is 85.0 Å². The van der Waals surface area contributed by atoms with Gasteiger partial charge in [0.05, 0.1) is 28.9 Å². The first-order valence-electron chi connectivity index (χ1n) is 11.2. The van der Waals surface area contributed by atoms with Crippen LogP contribution < -0.4 is 5.32 Å². The van der Waals surface area contributed by atoms with Crippen molar-refractivity contribution in [1.29, 1.82) is 0 Å². The molecule has 5 rings (SSSR count). The van der Waals surface area contributed by atoms with Gasteiger partial charge in [-0.1, -0.05) is 11.6 Å². The van der Waals surface area contributed by atoms with E-state index >= 15 is 0 Å². The number of rotatable bonds is 4. The number of benzene rings is 1. The third-order valence-corrected chi connectivity index (χ3v) is 7.64. The number of halogens is 2. The van der Waals surface area contributed by atoms with E-state index in [2.05, 4.69) is 15.4 Å². The molecule has 0 radical (unpaired) electrons. The summed E-state index contributed by atoms with van der Waals surface area (Å²) in [6.45, 7) is 1.99. The van der Waals surface area contributed by atoms with Crippen LogP contribution in [0.3, 0.4) is 0 Å². The van der Waals surface area contributed by atoms with Gasteiger partial charge in [0.15, 0.2) is 0 Å². The molecule has 0 spiro atoms. The average Bonchev–Trinajstić information content (AvgIpc) is 3.47. The number of anilines is 1. The van der Waals surface area contributed by atoms with E-state index in [4.69, 9.17) is 11.6 Å². The first kappa shape index (κ1) is 22.1. The number of hydrogen-bond acceptors (Lipinski definition) is 4. The zero-order valence-corrected chi connectivity index (χ0v) is 19.6. The molecule has 2 unspecified atom stereocenters. The summed E-state index contributed by atoms with van der Waals surface area (Å²) >= 11 is 5.85. The van der Waals surface area contributed by atoms with Crippen molar-refractivity contribution >= 4 is 23.2 Å². The highest BCUT2D eigenvalue weighted by molar-refractivity contribution is 6.31. The quantitative estimate of drug-likeness (QED) is 0.594. The molecule has 2 N–H and O–H groups in total. The molecule has 2 aliphatic rings. The highest BCUT2D eigenvalue weighted by Crippen LogP contribution is 2.57. The van der Waals surface area contributed by atoms with Gasteiger partial charge in [-0.2, -0.15) is 5.10 Å². The van der Waals surface area contributed by atoms with Crippen molar-refractivity contribution in [2.45, 2.75) is 44.1 Å². The van der Waals surface area contributed by atoms with Crippen LogP contribution in [0.2, 0.25) is 5.02 Å². The van der Waals surface area contributed by atoms with E-state index < -0.39 is 11.4 Å². The van der Waals surface area contributed by atoms with Crippen molar-refractivity contribution < 1.29 is 14.3 Å². The number of imidazole rings is 1. The predicted octanol–water partition coefficient (Wildman–Crippen LogP) is 4.30. The highest BCUT2D eigenvalue weighted by Gasteiger charge is 2.52. The van der Waals surface area contributed by atoms with Crippen molar-refractivity contribution in [1.82, 2.24) is 19.3 Å². The fraction of sp³-hybridized carbons (Fsp3) is 0.458. The molecule has 174 valence electrons. The Morgan fingerprint density at radius 3 is 2.58 bits per heavy atom. The zero-order valence-electron chi connectivity index (χ0n) is 18.8. The third kappa shape index (κ3) is 3.75. The number of aliphatic hydroxyl groups is 1. The van der Waals surface area contributed by atoms with Gasteiger partial charge < -0.3 is 15.0 Å². The second-order valence-corrected chi connectivity index (χ2v) is 10.0. The average molecular weight is 472 g/mol. The molecule has 2 saturated carbocycles. The highest BCUT2D eigenvalue weighted by atomic mass is 35.5. The predicted molar refractivity (Wildman–Crippen MR) is 123 cm³/mol. The Morgan fingerprint density at radius 2 is 1.97 bits per heavy atom. The van der Waals surface area contributed by atoms with Crippen LogP contribution in [0.4, 0.5) is 10.1 Å². The molecule has 0 bridgehead atoms. The van der Waals surface area contributed by atoms with E-state index in [1.54, 1.807) is 28.8 Å². The molecule has 0 aliphatic heterocycles. The maximum atomic E-state index is 13.5. The molecular weight excluding hydrogens is 445 g/mol. The second-order valence-electron chi connectivity index (χ2n) is 9.60. The largest absolute Gasteiger partial charge is 0.384 e. The lowest BCUT2D eigenvalue weighted by Gasteiger charge is -2.26. The molecule has 2 aromatic heterocycles. The number of hydrogen-bond donors (Lipinski definition) is 2. The van der Waals surface area contributed by atoms with Gasteiger partial charge in [-0.15, -0.1) is 0 Å². The van der Waals surface area contributed by atoms with Crippen molar-refractivity contribution in [2.24, 2.45) is 25.9 Å². The first-order valence-corrected chi connectivity index (χ1v) is 11.5. The summed E-state index contributed by atoms with van der Waals surface area (Å²) in [4.78, 5) is 17.7. The minimum atomic E-state index is -0.859. The zero-order chi connectivity index (χ0) is 23.5. The molecule has 1 amide bonds. The number of aromatic nitrogens is 4. The number of aryl methyl sites for hydroxylation is 3. The Labute approximate surface area is 196 Å². The normalized spacial score (nSPS) is 26.5. The first-order chi connectivity index (χ1) is 15.7. The minimum Gasteiger partial charge on any atom is -0.384 e. The lowest BCUT2D eigenvalue weighted by Crippen LogP contribution is -2.27. The lowest BCUT2D eigenvalue weighted by molar-refractivity contribution is 0.0257. The summed E-state index contributed by atoms with van der Waals surface area (Å²) in [5, 5.41) is 18.5. The Balaban J connectivity index is 1.34. The summed E-state index contributed by atoms with van der Waals surface area (Å²) in [5.41, 5.74) is 2.77. The van der Waals surface area contributed by atoms with Crippen LogP contribution >= 0.6 is 11.6 Å². The van der Waals surface area contributed by atoms with Gasteiger partial charge in [0.1, 0.15) is 17.1 Å². The van der Waals surface area contributed by atoms with E-state index in [0.717, 1.165) is 29.8 Å². The summed E-state index contributed by atoms with van der Waals surface area (Å²) in [7, 11) is 3.67. The molecule has 9 heteroatoms. The summed E-state index contributed by atoms with van der Waals surface area (Å²) in [5.74, 6) is 0.0450. The molecule has 33 heavy (non-hydrogen) atoms. The van der Waals surface area contributed by atoms with Gasteiger partial charge in [-0.3, -0.25) is 9.48 Å². The second kappa shape index (κ2) is 7.95. The van der Waals surface area contributed by atoms with E-state index in [1.807, 2.05) is 14.0 Å². The molecule has 0 saturated heterocycles. The van der Waals surface area contributed by atoms with Gasteiger partial charge in [0, 0.05) is 25.7 Å². The molecule has 1 aromatic carbocycles. The monoisotopic (exact) mass is 471 g/mol. The Hall–Kier alpha value is -2.71. The van der Waals surface area contributed by atoms with Gasteiger partial charge in [-0.25, -0.2) is 9.37 Å². The summed E-state index contributed by atoms with van der Waals surface area (Å²) < 4.78 is 17.0. The van der Waals surface area contributed by atoms with Crippen LogP contribution in [0.1, 0.15) is 59.0 Å². The molecule has 2 heterocycles. The number of fused-ring (bicyclic) bond motifs is 1. The molecule has 2 atom stereocenters. The van der Waals surface area contributed by atoms with Crippen LogP contribution in [0.5, 0.6) is 0 Å². The standard InChI is InChI=1S/C24H27ClFN5O2/c1-13-11-28-31(3)22(13)24(33)9-15-6-14(7-16(15)10-24)20-21(30(2)12-27-20)23(32)29-17-4-5-19(26)18(25)8-17/h4-5,8,11-12,14-16,33H,6-7,9-10H2,1-3H3,(H,29,32). The Bertz CT molecular complexity index is 1200. The third-order valence-electron chi connectivity index (χ3n) is 7.35. The fourth-order valence-electron chi connectivity index (χ4n) is 6.08. The maximum absolute atomic E-state index is 13.5. The van der Waals surface area contributed by atoms with Gasteiger partial charge in [0.25, 0.3) is 5.91 Å². The lowest BCUT2D eigenvalue weighted by atomic mass is 9.88. The molecule has 3 aromatic rings. The minimum absolute atomic E-state index is 0.0437. The fourth-order valence-corrected chi connectivity index (χ4v) is 6.26. The van der Waals surface area contributed by atoms with E-state index in [0.29, 0.717) is 36.1 Å². The van der Waals surface area contributed by atoms with Crippen molar-refractivity contribution in [2.75, 3.05) is 5.32 Å². The number of nitrogens with one attached hydrogen (secondary N) is 1. The molecule has 2 fully saturated rings. The molecule has 2 aliphatic carbocycles. The van der Waals surface area contributed by atoms with Gasteiger partial charge in [-0.05, 0) is 68.2 Å². The van der Waals surface area contributed by atoms with Crippen molar-refractivity contribution in [3.63, 3.8) is 0 Å². The van der Waals surface area contributed by atoms with Crippen LogP contribution in [0, 0.1) is 24.6 Å². The van der Waals surface area contributed by atoms with E-state index in [9.17, 15) is 14.3 Å². The number of amides is 1. The number of carbonyl (C=O) groups excluding carboxylic acids is 1. The van der Waals surface area contributed by atoms with Crippen molar-refractivity contribution in [3.8, 4) is 0 Å². The Kier molecular flexibility index (Phi) is 5.33. The van der Waals surface area contributed by atoms with Crippen LogP contribution in [-0.2, 0) is 19.7 Å². The van der Waals surface area contributed by atoms with Crippen LogP contribution in [-0.4, -0.2) is 30.3 Å². The number of nitrogens with zero attached hydrogens (tertiary/aromatic N) is 4. The van der Waals surface area contributed by atoms with Gasteiger partial charge in [0.2, 0.25) is 0 Å². The van der Waals surface area contributed by atoms with Gasteiger partial charge >= 0.3 is 0 Å².